The molecular formula is C14H29N3O. The molecule has 1 rings (SSSR count). The van der Waals surface area contributed by atoms with Crippen molar-refractivity contribution in [3.8, 4) is 0 Å². The Morgan fingerprint density at radius 1 is 1.44 bits per heavy atom. The highest BCUT2D eigenvalue weighted by Gasteiger charge is 2.28. The predicted molar refractivity (Wildman–Crippen MR) is 75.3 cm³/mol. The zero-order valence-corrected chi connectivity index (χ0v) is 12.1. The third-order valence-electron chi connectivity index (χ3n) is 4.17. The number of hydrogen-bond acceptors (Lipinski definition) is 3. The van der Waals surface area contributed by atoms with Gasteiger partial charge in [0.05, 0.1) is 6.54 Å². The molecule has 1 aliphatic heterocycles. The monoisotopic (exact) mass is 255 g/mol. The van der Waals surface area contributed by atoms with Gasteiger partial charge >= 0.3 is 0 Å². The quantitative estimate of drug-likeness (QED) is 0.753. The number of amides is 1. The van der Waals surface area contributed by atoms with Crippen molar-refractivity contribution < 1.29 is 4.79 Å². The Kier molecular flexibility index (Phi) is 6.65. The molecular weight excluding hydrogens is 226 g/mol. The Labute approximate surface area is 111 Å². The summed E-state index contributed by atoms with van der Waals surface area (Å²) in [4.78, 5) is 14.3. The normalized spacial score (nSPS) is 25.4. The van der Waals surface area contributed by atoms with E-state index in [2.05, 4.69) is 31.0 Å². The van der Waals surface area contributed by atoms with Crippen molar-refractivity contribution in [1.82, 2.24) is 10.2 Å². The van der Waals surface area contributed by atoms with Gasteiger partial charge in [-0.2, -0.15) is 0 Å². The molecule has 0 bridgehead atoms. The number of hydrogen-bond donors (Lipinski definition) is 2. The van der Waals surface area contributed by atoms with Crippen molar-refractivity contribution in [3.63, 3.8) is 0 Å². The van der Waals surface area contributed by atoms with Crippen LogP contribution in [-0.2, 0) is 4.79 Å². The van der Waals surface area contributed by atoms with Crippen LogP contribution in [0.4, 0.5) is 0 Å². The van der Waals surface area contributed by atoms with Crippen LogP contribution in [0.5, 0.6) is 0 Å². The molecule has 1 fully saturated rings. The number of piperidine rings is 1. The van der Waals surface area contributed by atoms with E-state index in [1.165, 1.54) is 12.8 Å². The summed E-state index contributed by atoms with van der Waals surface area (Å²) in [5, 5.41) is 3.10. The molecule has 1 amide bonds. The van der Waals surface area contributed by atoms with Crippen molar-refractivity contribution in [2.24, 2.45) is 11.7 Å². The van der Waals surface area contributed by atoms with Gasteiger partial charge in [-0.25, -0.2) is 0 Å². The van der Waals surface area contributed by atoms with Crippen LogP contribution in [-0.4, -0.2) is 42.5 Å². The first kappa shape index (κ1) is 15.4. The third kappa shape index (κ3) is 4.25. The summed E-state index contributed by atoms with van der Waals surface area (Å²) in [6.45, 7) is 8.62. The number of nitrogens with one attached hydrogen (secondary N) is 1. The molecule has 106 valence electrons. The van der Waals surface area contributed by atoms with Crippen molar-refractivity contribution in [3.05, 3.63) is 0 Å². The molecule has 4 nitrogen and oxygen atoms in total. The minimum Gasteiger partial charge on any atom is -0.352 e. The molecule has 1 heterocycles. The summed E-state index contributed by atoms with van der Waals surface area (Å²) in [6.07, 6.45) is 4.40. The van der Waals surface area contributed by atoms with Crippen LogP contribution in [0, 0.1) is 5.92 Å². The zero-order chi connectivity index (χ0) is 13.5. The Balaban J connectivity index is 2.46. The number of carbonyl (C=O) groups excluding carboxylic acids is 1. The van der Waals surface area contributed by atoms with E-state index in [-0.39, 0.29) is 5.91 Å². The Bertz CT molecular complexity index is 253. The van der Waals surface area contributed by atoms with Crippen LogP contribution in [0.25, 0.3) is 0 Å². The smallest absolute Gasteiger partial charge is 0.234 e. The third-order valence-corrected chi connectivity index (χ3v) is 4.17. The lowest BCUT2D eigenvalue weighted by Gasteiger charge is -2.39. The maximum Gasteiger partial charge on any atom is 0.234 e. The molecule has 4 heteroatoms. The van der Waals surface area contributed by atoms with Crippen molar-refractivity contribution in [2.45, 2.75) is 58.5 Å². The van der Waals surface area contributed by atoms with E-state index in [1.807, 2.05) is 0 Å². The molecule has 0 radical (unpaired) electrons. The van der Waals surface area contributed by atoms with Gasteiger partial charge in [0.2, 0.25) is 5.91 Å². The van der Waals surface area contributed by atoms with Gasteiger partial charge in [0.15, 0.2) is 0 Å². The summed E-state index contributed by atoms with van der Waals surface area (Å²) in [5.41, 5.74) is 5.84. The summed E-state index contributed by atoms with van der Waals surface area (Å²) >= 11 is 0. The molecule has 3 N–H and O–H groups in total. The number of likely N-dealkylation sites (tertiary alicyclic amines) is 1. The highest BCUT2D eigenvalue weighted by atomic mass is 16.2. The lowest BCUT2D eigenvalue weighted by atomic mass is 9.91. The second kappa shape index (κ2) is 7.74. The summed E-state index contributed by atoms with van der Waals surface area (Å²) in [6, 6.07) is 0.683. The molecule has 1 saturated heterocycles. The number of nitrogens with two attached hydrogens (primary N) is 1. The molecule has 2 unspecified atom stereocenters. The second-order valence-electron chi connectivity index (χ2n) is 5.47. The maximum absolute atomic E-state index is 12.0. The SMILES string of the molecule is CCC(CC)NC(=O)CN1CCCC(C)C1CN. The van der Waals surface area contributed by atoms with Crippen molar-refractivity contribution in [2.75, 3.05) is 19.6 Å². The van der Waals surface area contributed by atoms with E-state index in [4.69, 9.17) is 5.73 Å². The van der Waals surface area contributed by atoms with E-state index in [9.17, 15) is 4.79 Å². The molecule has 0 aromatic rings. The zero-order valence-electron chi connectivity index (χ0n) is 12.1. The molecule has 18 heavy (non-hydrogen) atoms. The van der Waals surface area contributed by atoms with E-state index in [1.54, 1.807) is 0 Å². The van der Waals surface area contributed by atoms with Gasteiger partial charge in [0.25, 0.3) is 0 Å². The number of nitrogens with zero attached hydrogens (tertiary/aromatic N) is 1. The van der Waals surface area contributed by atoms with Crippen LogP contribution in [0.2, 0.25) is 0 Å². The molecule has 0 aromatic carbocycles. The summed E-state index contributed by atoms with van der Waals surface area (Å²) < 4.78 is 0. The van der Waals surface area contributed by atoms with Crippen LogP contribution in [0.15, 0.2) is 0 Å². The van der Waals surface area contributed by atoms with Gasteiger partial charge < -0.3 is 11.1 Å². The summed E-state index contributed by atoms with van der Waals surface area (Å²) in [5.74, 6) is 0.751. The molecule has 1 aliphatic rings. The second-order valence-corrected chi connectivity index (χ2v) is 5.47. The van der Waals surface area contributed by atoms with Crippen molar-refractivity contribution in [1.29, 1.82) is 0 Å². The van der Waals surface area contributed by atoms with E-state index in [0.29, 0.717) is 31.1 Å². The summed E-state index contributed by atoms with van der Waals surface area (Å²) in [7, 11) is 0. The van der Waals surface area contributed by atoms with Crippen LogP contribution in [0.1, 0.15) is 46.5 Å². The average Bonchev–Trinajstić information content (AvgIpc) is 2.36. The number of rotatable bonds is 6. The minimum atomic E-state index is 0.149. The molecule has 0 spiro atoms. The lowest BCUT2D eigenvalue weighted by molar-refractivity contribution is -0.124. The van der Waals surface area contributed by atoms with Crippen LogP contribution >= 0.6 is 0 Å². The van der Waals surface area contributed by atoms with Gasteiger partial charge in [0, 0.05) is 18.6 Å². The lowest BCUT2D eigenvalue weighted by Crippen LogP contribution is -2.52. The first-order valence-electron chi connectivity index (χ1n) is 7.35. The van der Waals surface area contributed by atoms with Crippen LogP contribution in [0.3, 0.4) is 0 Å². The topological polar surface area (TPSA) is 58.4 Å². The average molecular weight is 255 g/mol. The molecule has 2 atom stereocenters. The minimum absolute atomic E-state index is 0.149. The predicted octanol–water partition coefficient (Wildman–Crippen LogP) is 1.35. The first-order valence-corrected chi connectivity index (χ1v) is 7.35. The van der Waals surface area contributed by atoms with E-state index < -0.39 is 0 Å². The highest BCUT2D eigenvalue weighted by molar-refractivity contribution is 5.78. The van der Waals surface area contributed by atoms with Gasteiger partial charge in [0.1, 0.15) is 0 Å². The fourth-order valence-electron chi connectivity index (χ4n) is 2.86. The number of carbonyl (C=O) groups is 1. The molecule has 0 saturated carbocycles. The maximum atomic E-state index is 12.0. The van der Waals surface area contributed by atoms with Crippen LogP contribution < -0.4 is 11.1 Å². The fraction of sp³-hybridized carbons (Fsp3) is 0.929. The Morgan fingerprint density at radius 2 is 2.11 bits per heavy atom. The van der Waals surface area contributed by atoms with Gasteiger partial charge in [-0.15, -0.1) is 0 Å². The highest BCUT2D eigenvalue weighted by Crippen LogP contribution is 2.22. The van der Waals surface area contributed by atoms with E-state index >= 15 is 0 Å². The van der Waals surface area contributed by atoms with Gasteiger partial charge in [-0.05, 0) is 38.1 Å². The Morgan fingerprint density at radius 3 is 2.67 bits per heavy atom. The largest absolute Gasteiger partial charge is 0.352 e. The van der Waals surface area contributed by atoms with Gasteiger partial charge in [-0.3, -0.25) is 9.69 Å². The fourth-order valence-corrected chi connectivity index (χ4v) is 2.86. The standard InChI is InChI=1S/C14H29N3O/c1-4-12(5-2)16-14(18)10-17-8-6-7-11(3)13(17)9-15/h11-13H,4-10,15H2,1-3H3,(H,16,18). The first-order chi connectivity index (χ1) is 8.62. The molecule has 0 aromatic heterocycles. The van der Waals surface area contributed by atoms with Gasteiger partial charge in [-0.1, -0.05) is 20.8 Å². The van der Waals surface area contributed by atoms with E-state index in [0.717, 1.165) is 19.4 Å². The van der Waals surface area contributed by atoms with Crippen molar-refractivity contribution >= 4 is 5.91 Å². The molecule has 0 aliphatic carbocycles. The Hall–Kier alpha value is -0.610.